The number of benzene rings is 2. The van der Waals surface area contributed by atoms with Gasteiger partial charge in [-0.3, -0.25) is 9.78 Å². The van der Waals surface area contributed by atoms with Gasteiger partial charge in [-0.05, 0) is 54.7 Å². The molecule has 4 aromatic rings. The van der Waals surface area contributed by atoms with Crippen molar-refractivity contribution in [1.82, 2.24) is 19.7 Å². The lowest BCUT2D eigenvalue weighted by Crippen LogP contribution is -2.28. The van der Waals surface area contributed by atoms with Crippen LogP contribution in [0.25, 0.3) is 16.9 Å². The van der Waals surface area contributed by atoms with E-state index < -0.39 is 11.5 Å². The number of aromatic nitrogens is 4. The minimum absolute atomic E-state index is 0.0747. The average Bonchev–Trinajstić information content (AvgIpc) is 3.28. The molecule has 2 aromatic carbocycles. The lowest BCUT2D eigenvalue weighted by Gasteiger charge is -2.24. The Morgan fingerprint density at radius 3 is 2.71 bits per heavy atom. The second kappa shape index (κ2) is 8.79. The van der Waals surface area contributed by atoms with Crippen LogP contribution in [-0.2, 0) is 0 Å². The molecule has 4 N–H and O–H groups in total. The first-order valence-electron chi connectivity index (χ1n) is 10.3. The van der Waals surface area contributed by atoms with Crippen molar-refractivity contribution in [2.75, 3.05) is 7.11 Å². The number of H-pyrrole nitrogens is 2. The molecule has 0 fully saturated rings. The Morgan fingerprint density at radius 2 is 2.03 bits per heavy atom. The first-order valence-corrected chi connectivity index (χ1v) is 11.1. The number of halogens is 1. The predicted octanol–water partition coefficient (Wildman–Crippen LogP) is 4.17. The van der Waals surface area contributed by atoms with Gasteiger partial charge in [-0.15, -0.1) is 0 Å². The summed E-state index contributed by atoms with van der Waals surface area (Å²) in [6.07, 6.45) is 1.75. The third kappa shape index (κ3) is 3.97. The Kier molecular flexibility index (Phi) is 5.64. The highest BCUT2D eigenvalue weighted by Gasteiger charge is 2.36. The molecule has 1 unspecified atom stereocenters. The normalized spacial score (nSPS) is 14.7. The number of nitrogens with two attached hydrogens (primary N) is 1. The smallest absolute Gasteiger partial charge is 0.259 e. The number of hydrogen-bond donors (Lipinski definition) is 3. The summed E-state index contributed by atoms with van der Waals surface area (Å²) in [6.45, 7) is 0. The van der Waals surface area contributed by atoms with Gasteiger partial charge in [-0.1, -0.05) is 17.7 Å². The molecule has 0 bridgehead atoms. The number of nitriles is 1. The Labute approximate surface area is 209 Å². The van der Waals surface area contributed by atoms with Crippen molar-refractivity contribution in [3.8, 4) is 34.6 Å². The zero-order valence-electron chi connectivity index (χ0n) is 18.2. The molecular weight excluding hydrogens is 488 g/mol. The standard InChI is InChI=1S/C24H17ClN6O3S/c1-33-15-7-5-12(6-8-15)20-17(11-31(30-20)14-4-2-3-13(25)9-14)18-16(10-26)21(27)34-23-19(18)22(32)28-24(35)29-23/h2-9,11,18H,27H2,1H3,(H2,28,29,32,35). The largest absolute Gasteiger partial charge is 0.497 e. The molecule has 0 radical (unpaired) electrons. The van der Waals surface area contributed by atoms with Gasteiger partial charge < -0.3 is 20.2 Å². The van der Waals surface area contributed by atoms with Crippen molar-refractivity contribution in [2.24, 2.45) is 5.73 Å². The molecule has 2 aromatic heterocycles. The van der Waals surface area contributed by atoms with Crippen molar-refractivity contribution in [3.05, 3.63) is 97.5 Å². The maximum Gasteiger partial charge on any atom is 0.259 e. The number of nitrogens with one attached hydrogen (secondary N) is 2. The van der Waals surface area contributed by atoms with Crippen LogP contribution in [0, 0.1) is 16.1 Å². The molecule has 0 aliphatic carbocycles. The molecule has 0 spiro atoms. The van der Waals surface area contributed by atoms with E-state index in [9.17, 15) is 10.1 Å². The van der Waals surface area contributed by atoms with E-state index in [1.807, 2.05) is 18.2 Å². The fourth-order valence-corrected chi connectivity index (χ4v) is 4.39. The van der Waals surface area contributed by atoms with Gasteiger partial charge in [0.1, 0.15) is 17.4 Å². The fraction of sp³-hybridized carbons (Fsp3) is 0.0833. The zero-order valence-corrected chi connectivity index (χ0v) is 19.8. The molecule has 1 atom stereocenters. The van der Waals surface area contributed by atoms with Crippen LogP contribution in [0.3, 0.4) is 0 Å². The van der Waals surface area contributed by atoms with Crippen LogP contribution < -0.4 is 20.8 Å². The lowest BCUT2D eigenvalue weighted by atomic mass is 9.84. The van der Waals surface area contributed by atoms with Crippen LogP contribution in [-0.4, -0.2) is 26.9 Å². The summed E-state index contributed by atoms with van der Waals surface area (Å²) in [6, 6.07) is 16.5. The Hall–Kier alpha value is -4.33. The van der Waals surface area contributed by atoms with Gasteiger partial charge in [0.15, 0.2) is 4.77 Å². The Balaban J connectivity index is 1.81. The maximum atomic E-state index is 13.0. The predicted molar refractivity (Wildman–Crippen MR) is 132 cm³/mol. The molecule has 11 heteroatoms. The van der Waals surface area contributed by atoms with Crippen LogP contribution in [0.5, 0.6) is 11.6 Å². The third-order valence-corrected chi connectivity index (χ3v) is 6.05. The topological polar surface area (TPSA) is 135 Å². The number of rotatable bonds is 4. The van der Waals surface area contributed by atoms with Crippen molar-refractivity contribution in [1.29, 1.82) is 5.26 Å². The van der Waals surface area contributed by atoms with E-state index in [1.165, 1.54) is 0 Å². The summed E-state index contributed by atoms with van der Waals surface area (Å²) >= 11 is 11.3. The van der Waals surface area contributed by atoms with Gasteiger partial charge in [0.05, 0.1) is 30.0 Å². The van der Waals surface area contributed by atoms with Crippen molar-refractivity contribution < 1.29 is 9.47 Å². The molecule has 35 heavy (non-hydrogen) atoms. The molecule has 3 heterocycles. The maximum absolute atomic E-state index is 13.0. The Bertz CT molecular complexity index is 1650. The van der Waals surface area contributed by atoms with Gasteiger partial charge in [0.2, 0.25) is 11.8 Å². The quantitative estimate of drug-likeness (QED) is 0.355. The minimum Gasteiger partial charge on any atom is -0.497 e. The van der Waals surface area contributed by atoms with E-state index in [0.29, 0.717) is 27.7 Å². The fourth-order valence-electron chi connectivity index (χ4n) is 4.02. The van der Waals surface area contributed by atoms with Gasteiger partial charge in [-0.25, -0.2) is 4.68 Å². The van der Waals surface area contributed by atoms with Gasteiger partial charge in [0.25, 0.3) is 5.56 Å². The van der Waals surface area contributed by atoms with Crippen molar-refractivity contribution >= 4 is 23.8 Å². The SMILES string of the molecule is COc1ccc(-c2nn(-c3cccc(Cl)c3)cc2C2C(C#N)=C(N)Oc3[nH]c(=S)[nH]c(=O)c32)cc1. The summed E-state index contributed by atoms with van der Waals surface area (Å²) in [5.74, 6) is -0.245. The number of nitrogens with zero attached hydrogens (tertiary/aromatic N) is 3. The molecule has 1 aliphatic rings. The van der Waals surface area contributed by atoms with E-state index in [4.69, 9.17) is 44.1 Å². The number of aromatic amines is 2. The number of allylic oxidation sites excluding steroid dienone is 1. The number of hydrogen-bond acceptors (Lipinski definition) is 7. The summed E-state index contributed by atoms with van der Waals surface area (Å²) < 4.78 is 12.6. The summed E-state index contributed by atoms with van der Waals surface area (Å²) in [4.78, 5) is 18.4. The molecule has 9 nitrogen and oxygen atoms in total. The zero-order chi connectivity index (χ0) is 24.7. The highest BCUT2D eigenvalue weighted by atomic mass is 35.5. The number of ether oxygens (including phenoxy) is 2. The highest BCUT2D eigenvalue weighted by Crippen LogP contribution is 2.42. The van der Waals surface area contributed by atoms with Crippen LogP contribution in [0.2, 0.25) is 5.02 Å². The molecule has 0 saturated heterocycles. The molecule has 0 saturated carbocycles. The first kappa shape index (κ1) is 22.5. The Morgan fingerprint density at radius 1 is 1.26 bits per heavy atom. The van der Waals surface area contributed by atoms with Crippen LogP contribution in [0.1, 0.15) is 17.0 Å². The van der Waals surface area contributed by atoms with Crippen molar-refractivity contribution in [3.63, 3.8) is 0 Å². The minimum atomic E-state index is -0.871. The van der Waals surface area contributed by atoms with E-state index in [1.54, 1.807) is 48.3 Å². The number of methoxy groups -OCH3 is 1. The van der Waals surface area contributed by atoms with E-state index in [0.717, 1.165) is 5.56 Å². The average molecular weight is 505 g/mol. The second-order valence-electron chi connectivity index (χ2n) is 7.66. The second-order valence-corrected chi connectivity index (χ2v) is 8.51. The highest BCUT2D eigenvalue weighted by molar-refractivity contribution is 7.71. The lowest BCUT2D eigenvalue weighted by molar-refractivity contribution is 0.374. The van der Waals surface area contributed by atoms with Crippen molar-refractivity contribution in [2.45, 2.75) is 5.92 Å². The molecular formula is C24H17ClN6O3S. The summed E-state index contributed by atoms with van der Waals surface area (Å²) in [5, 5.41) is 15.3. The molecule has 174 valence electrons. The first-order chi connectivity index (χ1) is 16.9. The van der Waals surface area contributed by atoms with Crippen LogP contribution >= 0.6 is 23.8 Å². The summed E-state index contributed by atoms with van der Waals surface area (Å²) in [7, 11) is 1.58. The molecule has 0 amide bonds. The molecule has 1 aliphatic heterocycles. The molecule has 5 rings (SSSR count). The number of fused-ring (bicyclic) bond motifs is 1. The van der Waals surface area contributed by atoms with Gasteiger partial charge >= 0.3 is 0 Å². The van der Waals surface area contributed by atoms with Crippen LogP contribution in [0.4, 0.5) is 0 Å². The van der Waals surface area contributed by atoms with Crippen LogP contribution in [0.15, 0.2) is 71.0 Å². The monoisotopic (exact) mass is 504 g/mol. The summed E-state index contributed by atoms with van der Waals surface area (Å²) in [5.41, 5.74) is 8.40. The van der Waals surface area contributed by atoms with Gasteiger partial charge in [-0.2, -0.15) is 10.4 Å². The van der Waals surface area contributed by atoms with E-state index in [2.05, 4.69) is 16.0 Å². The van der Waals surface area contributed by atoms with E-state index in [-0.39, 0.29) is 27.7 Å². The van der Waals surface area contributed by atoms with E-state index >= 15 is 0 Å². The van der Waals surface area contributed by atoms with Gasteiger partial charge in [0, 0.05) is 22.3 Å². The third-order valence-electron chi connectivity index (χ3n) is 5.61.